The monoisotopic (exact) mass is 229 g/mol. The summed E-state index contributed by atoms with van der Waals surface area (Å²) in [4.78, 5) is 4.31. The predicted molar refractivity (Wildman–Crippen MR) is 66.7 cm³/mol. The maximum atomic E-state index is 5.74. The minimum Gasteiger partial charge on any atom is -0.493 e. The smallest absolute Gasteiger partial charge is 0.221 e. The molecule has 0 atom stereocenters. The summed E-state index contributed by atoms with van der Waals surface area (Å²) < 4.78 is 11.3. The van der Waals surface area contributed by atoms with Gasteiger partial charge < -0.3 is 9.47 Å². The van der Waals surface area contributed by atoms with Gasteiger partial charge in [-0.3, -0.25) is 0 Å². The molecule has 0 amide bonds. The second kappa shape index (κ2) is 3.91. The average molecular weight is 229 g/mol. The van der Waals surface area contributed by atoms with Crippen molar-refractivity contribution in [2.45, 2.75) is 26.4 Å². The number of pyridine rings is 1. The minimum absolute atomic E-state index is 0.137. The lowest BCUT2D eigenvalue weighted by Gasteiger charge is -2.12. The first-order valence-electron chi connectivity index (χ1n) is 5.96. The standard InChI is InChI=1S/C14H15NO2/c1-9(2)17-14-12-3-4-13-11(6-8-16-13)10(12)5-7-15-14/h3-5,7,9H,6,8H2,1-2H3. The molecule has 0 fully saturated rings. The quantitative estimate of drug-likeness (QED) is 0.793. The van der Waals surface area contributed by atoms with E-state index in [9.17, 15) is 0 Å². The molecule has 0 saturated heterocycles. The van der Waals surface area contributed by atoms with Crippen LogP contribution in [0.5, 0.6) is 11.6 Å². The van der Waals surface area contributed by atoms with E-state index < -0.39 is 0 Å². The van der Waals surface area contributed by atoms with Gasteiger partial charge in [0.15, 0.2) is 0 Å². The molecule has 1 aromatic carbocycles. The summed E-state index contributed by atoms with van der Waals surface area (Å²) in [6.45, 7) is 4.80. The first-order chi connectivity index (χ1) is 8.25. The van der Waals surface area contributed by atoms with E-state index in [2.05, 4.69) is 4.98 Å². The fourth-order valence-electron chi connectivity index (χ4n) is 2.24. The van der Waals surface area contributed by atoms with Gasteiger partial charge in [0.05, 0.1) is 12.7 Å². The molecule has 0 spiro atoms. The van der Waals surface area contributed by atoms with Crippen molar-refractivity contribution in [2.75, 3.05) is 6.61 Å². The fourth-order valence-corrected chi connectivity index (χ4v) is 2.24. The van der Waals surface area contributed by atoms with E-state index in [4.69, 9.17) is 9.47 Å². The van der Waals surface area contributed by atoms with Crippen molar-refractivity contribution in [2.24, 2.45) is 0 Å². The fraction of sp³-hybridized carbons (Fsp3) is 0.357. The van der Waals surface area contributed by atoms with E-state index >= 15 is 0 Å². The largest absolute Gasteiger partial charge is 0.493 e. The van der Waals surface area contributed by atoms with E-state index in [0.29, 0.717) is 5.88 Å². The van der Waals surface area contributed by atoms with Crippen LogP contribution in [0.2, 0.25) is 0 Å². The zero-order valence-electron chi connectivity index (χ0n) is 10.1. The van der Waals surface area contributed by atoms with Crippen LogP contribution >= 0.6 is 0 Å². The van der Waals surface area contributed by atoms with Gasteiger partial charge in [0.2, 0.25) is 5.88 Å². The third-order valence-electron chi connectivity index (χ3n) is 2.93. The highest BCUT2D eigenvalue weighted by Gasteiger charge is 2.17. The normalized spacial score (nSPS) is 13.8. The van der Waals surface area contributed by atoms with Gasteiger partial charge in [-0.15, -0.1) is 0 Å². The van der Waals surface area contributed by atoms with Gasteiger partial charge in [0.1, 0.15) is 5.75 Å². The Balaban J connectivity index is 2.20. The number of hydrogen-bond donors (Lipinski definition) is 0. The van der Waals surface area contributed by atoms with Crippen molar-refractivity contribution in [3.05, 3.63) is 30.0 Å². The third-order valence-corrected chi connectivity index (χ3v) is 2.93. The van der Waals surface area contributed by atoms with Crippen molar-refractivity contribution in [1.82, 2.24) is 4.98 Å². The Bertz CT molecular complexity index is 563. The second-order valence-corrected chi connectivity index (χ2v) is 4.52. The molecule has 0 radical (unpaired) electrons. The first kappa shape index (κ1) is 10.4. The van der Waals surface area contributed by atoms with Crippen molar-refractivity contribution < 1.29 is 9.47 Å². The maximum Gasteiger partial charge on any atom is 0.221 e. The molecule has 0 aliphatic carbocycles. The molecule has 1 aromatic heterocycles. The molecule has 0 N–H and O–H groups in total. The molecule has 0 saturated carbocycles. The van der Waals surface area contributed by atoms with Gasteiger partial charge in [-0.05, 0) is 37.4 Å². The van der Waals surface area contributed by atoms with Gasteiger partial charge in [-0.1, -0.05) is 0 Å². The maximum absolute atomic E-state index is 5.74. The lowest BCUT2D eigenvalue weighted by molar-refractivity contribution is 0.236. The topological polar surface area (TPSA) is 31.4 Å². The van der Waals surface area contributed by atoms with E-state index in [1.54, 1.807) is 6.20 Å². The zero-order valence-corrected chi connectivity index (χ0v) is 10.1. The lowest BCUT2D eigenvalue weighted by Crippen LogP contribution is -2.07. The van der Waals surface area contributed by atoms with E-state index in [1.807, 2.05) is 32.0 Å². The Morgan fingerprint density at radius 3 is 2.94 bits per heavy atom. The Morgan fingerprint density at radius 2 is 2.12 bits per heavy atom. The van der Waals surface area contributed by atoms with E-state index in [0.717, 1.165) is 24.2 Å². The number of rotatable bonds is 2. The Kier molecular flexibility index (Phi) is 2.39. The first-order valence-corrected chi connectivity index (χ1v) is 5.96. The summed E-state index contributed by atoms with van der Waals surface area (Å²) in [5, 5.41) is 2.27. The summed E-state index contributed by atoms with van der Waals surface area (Å²) in [5.74, 6) is 1.71. The number of nitrogens with zero attached hydrogens (tertiary/aromatic N) is 1. The highest BCUT2D eigenvalue weighted by atomic mass is 16.5. The van der Waals surface area contributed by atoms with Crippen LogP contribution in [0.4, 0.5) is 0 Å². The SMILES string of the molecule is CC(C)Oc1nccc2c3c(ccc12)OCC3. The number of fused-ring (bicyclic) bond motifs is 3. The summed E-state index contributed by atoms with van der Waals surface area (Å²) in [7, 11) is 0. The molecule has 1 aliphatic rings. The van der Waals surface area contributed by atoms with Crippen LogP contribution in [0, 0.1) is 0 Å². The van der Waals surface area contributed by atoms with Gasteiger partial charge in [-0.25, -0.2) is 4.98 Å². The Labute approximate surface area is 100 Å². The zero-order chi connectivity index (χ0) is 11.8. The van der Waals surface area contributed by atoms with Crippen LogP contribution in [0.25, 0.3) is 10.8 Å². The Morgan fingerprint density at radius 1 is 1.24 bits per heavy atom. The highest BCUT2D eigenvalue weighted by molar-refractivity contribution is 5.91. The molecule has 0 bridgehead atoms. The van der Waals surface area contributed by atoms with Crippen molar-refractivity contribution >= 4 is 10.8 Å². The average Bonchev–Trinajstić information content (AvgIpc) is 2.76. The number of benzene rings is 1. The molecule has 17 heavy (non-hydrogen) atoms. The lowest BCUT2D eigenvalue weighted by atomic mass is 10.0. The van der Waals surface area contributed by atoms with Crippen LogP contribution in [-0.4, -0.2) is 17.7 Å². The van der Waals surface area contributed by atoms with Crippen molar-refractivity contribution in [3.63, 3.8) is 0 Å². The predicted octanol–water partition coefficient (Wildman–Crippen LogP) is 2.96. The summed E-state index contributed by atoms with van der Waals surface area (Å²) in [5.41, 5.74) is 1.28. The molecule has 3 rings (SSSR count). The number of ether oxygens (including phenoxy) is 2. The minimum atomic E-state index is 0.137. The number of hydrogen-bond acceptors (Lipinski definition) is 3. The van der Waals surface area contributed by atoms with Gasteiger partial charge in [-0.2, -0.15) is 0 Å². The number of aromatic nitrogens is 1. The molecule has 2 heterocycles. The molecule has 1 aliphatic heterocycles. The third kappa shape index (κ3) is 1.71. The summed E-state index contributed by atoms with van der Waals surface area (Å²) in [6.07, 6.45) is 2.91. The highest BCUT2D eigenvalue weighted by Crippen LogP contribution is 2.35. The van der Waals surface area contributed by atoms with E-state index in [-0.39, 0.29) is 6.10 Å². The second-order valence-electron chi connectivity index (χ2n) is 4.52. The molecule has 3 heteroatoms. The van der Waals surface area contributed by atoms with Crippen LogP contribution in [0.3, 0.4) is 0 Å². The van der Waals surface area contributed by atoms with Crippen molar-refractivity contribution in [3.8, 4) is 11.6 Å². The van der Waals surface area contributed by atoms with Gasteiger partial charge in [0.25, 0.3) is 0 Å². The Hall–Kier alpha value is -1.77. The molecule has 0 unspecified atom stereocenters. The van der Waals surface area contributed by atoms with E-state index in [1.165, 1.54) is 10.9 Å². The van der Waals surface area contributed by atoms with Crippen molar-refractivity contribution in [1.29, 1.82) is 0 Å². The van der Waals surface area contributed by atoms with Gasteiger partial charge in [0, 0.05) is 23.6 Å². The van der Waals surface area contributed by atoms with Gasteiger partial charge >= 0.3 is 0 Å². The molecular formula is C14H15NO2. The molecular weight excluding hydrogens is 214 g/mol. The molecule has 88 valence electrons. The van der Waals surface area contributed by atoms with Crippen LogP contribution in [0.1, 0.15) is 19.4 Å². The van der Waals surface area contributed by atoms with Crippen LogP contribution in [-0.2, 0) is 6.42 Å². The summed E-state index contributed by atoms with van der Waals surface area (Å²) >= 11 is 0. The van der Waals surface area contributed by atoms with Crippen LogP contribution < -0.4 is 9.47 Å². The van der Waals surface area contributed by atoms with Crippen LogP contribution in [0.15, 0.2) is 24.4 Å². The molecule has 3 nitrogen and oxygen atoms in total. The molecule has 2 aromatic rings. The summed E-state index contributed by atoms with van der Waals surface area (Å²) in [6, 6.07) is 6.08.